The molecule has 1 aliphatic carbocycles. The van der Waals surface area contributed by atoms with E-state index in [0.717, 1.165) is 22.5 Å². The summed E-state index contributed by atoms with van der Waals surface area (Å²) in [7, 11) is 7.79. The Morgan fingerprint density at radius 3 is 1.63 bits per heavy atom. The van der Waals surface area contributed by atoms with Crippen LogP contribution in [0.5, 0.6) is 0 Å². The van der Waals surface area contributed by atoms with Gasteiger partial charge in [0.05, 0.1) is 17.3 Å². The van der Waals surface area contributed by atoms with Crippen LogP contribution in [0.1, 0.15) is 46.9 Å². The fourth-order valence-corrected chi connectivity index (χ4v) is 8.47. The van der Waals surface area contributed by atoms with Crippen molar-refractivity contribution in [1.29, 1.82) is 0 Å². The first-order chi connectivity index (χ1) is 23.0. The first kappa shape index (κ1) is 36.6. The van der Waals surface area contributed by atoms with Gasteiger partial charge in [0.25, 0.3) is 0 Å². The monoisotopic (exact) mass is 717 g/mol. The molecule has 0 aromatic heterocycles. The standard InChI is InChI=1S/C40H41Cl2N3O3.ClH/c1-44(2)33-17-7-5-15-29(33)36(25-11-9-13-27(41)21-25)38(47)40(20-19-35(46)31-23-43-24-32(31)40)39(48)37(26-12-10-14-28(42)22-26)30-16-6-8-18-34(30)45(3)4;/h5-18,21-22,31-32,36-37,43H,19-20,23-24H2,1-4H3;1H/t31-,32+,36?,37?,40?;/m0./s1. The number of anilines is 2. The Hall–Kier alpha value is -3.68. The van der Waals surface area contributed by atoms with Crippen LogP contribution in [0.2, 0.25) is 10.0 Å². The number of carbonyl (C=O) groups excluding carboxylic acids is 3. The number of para-hydroxylation sites is 2. The lowest BCUT2D eigenvalue weighted by atomic mass is 9.53. The molecular formula is C40H42Cl3N3O3. The maximum atomic E-state index is 16.0. The predicted molar refractivity (Wildman–Crippen MR) is 202 cm³/mol. The summed E-state index contributed by atoms with van der Waals surface area (Å²) < 4.78 is 0. The topological polar surface area (TPSA) is 69.7 Å². The Labute approximate surface area is 305 Å². The third kappa shape index (κ3) is 6.77. The van der Waals surface area contributed by atoms with E-state index in [1.165, 1.54) is 0 Å². The quantitative estimate of drug-likeness (QED) is 0.169. The molecule has 1 heterocycles. The predicted octanol–water partition coefficient (Wildman–Crippen LogP) is 7.83. The van der Waals surface area contributed by atoms with Gasteiger partial charge < -0.3 is 15.1 Å². The Bertz CT molecular complexity index is 1750. The summed E-state index contributed by atoms with van der Waals surface area (Å²) in [6, 6.07) is 30.4. The second kappa shape index (κ2) is 15.1. The van der Waals surface area contributed by atoms with E-state index < -0.39 is 29.1 Å². The zero-order valence-corrected chi connectivity index (χ0v) is 30.5. The Kier molecular flexibility index (Phi) is 11.2. The second-order valence-corrected chi connectivity index (χ2v) is 14.3. The van der Waals surface area contributed by atoms with Gasteiger partial charge in [-0.2, -0.15) is 0 Å². The summed E-state index contributed by atoms with van der Waals surface area (Å²) in [5.74, 6) is -2.90. The highest BCUT2D eigenvalue weighted by Crippen LogP contribution is 2.54. The van der Waals surface area contributed by atoms with Crippen LogP contribution in [0.3, 0.4) is 0 Å². The van der Waals surface area contributed by atoms with Crippen molar-refractivity contribution in [2.45, 2.75) is 24.7 Å². The molecule has 4 aromatic carbocycles. The number of ketones is 3. The maximum Gasteiger partial charge on any atom is 0.158 e. The number of hydrogen-bond acceptors (Lipinski definition) is 6. The molecule has 1 N–H and O–H groups in total. The molecule has 2 unspecified atom stereocenters. The van der Waals surface area contributed by atoms with Crippen molar-refractivity contribution in [3.8, 4) is 0 Å². The van der Waals surface area contributed by atoms with E-state index in [2.05, 4.69) is 5.32 Å². The average molecular weight is 719 g/mol. The maximum absolute atomic E-state index is 16.0. The Balaban J connectivity index is 0.00000468. The number of Topliss-reactive ketones (excluding diaryl/α,β-unsaturated/α-hetero) is 3. The van der Waals surface area contributed by atoms with Crippen molar-refractivity contribution in [3.05, 3.63) is 129 Å². The fraction of sp³-hybridized carbons (Fsp3) is 0.325. The van der Waals surface area contributed by atoms with E-state index in [-0.39, 0.29) is 42.6 Å². The summed E-state index contributed by atoms with van der Waals surface area (Å²) in [6.07, 6.45) is 0.282. The highest BCUT2D eigenvalue weighted by atomic mass is 35.5. The number of hydrogen-bond donors (Lipinski definition) is 1. The second-order valence-electron chi connectivity index (χ2n) is 13.4. The third-order valence-corrected chi connectivity index (χ3v) is 10.7. The number of nitrogens with zero attached hydrogens (tertiary/aromatic N) is 2. The summed E-state index contributed by atoms with van der Waals surface area (Å²) in [5, 5.41) is 4.40. The molecule has 1 saturated carbocycles. The Morgan fingerprint density at radius 1 is 0.714 bits per heavy atom. The minimum atomic E-state index is -1.50. The molecule has 0 bridgehead atoms. The van der Waals surface area contributed by atoms with Gasteiger partial charge in [-0.15, -0.1) is 12.4 Å². The molecule has 256 valence electrons. The highest BCUT2D eigenvalue weighted by molar-refractivity contribution is 6.31. The zero-order chi connectivity index (χ0) is 34.2. The van der Waals surface area contributed by atoms with Gasteiger partial charge >= 0.3 is 0 Å². The summed E-state index contributed by atoms with van der Waals surface area (Å²) in [5.41, 5.74) is 3.24. The zero-order valence-electron chi connectivity index (χ0n) is 28.2. The van der Waals surface area contributed by atoms with Crippen molar-refractivity contribution < 1.29 is 14.4 Å². The van der Waals surface area contributed by atoms with Crippen LogP contribution in [0.15, 0.2) is 97.1 Å². The van der Waals surface area contributed by atoms with Crippen LogP contribution in [0, 0.1) is 17.3 Å². The molecule has 0 spiro atoms. The minimum Gasteiger partial charge on any atom is -0.377 e. The van der Waals surface area contributed by atoms with Gasteiger partial charge in [0.2, 0.25) is 0 Å². The minimum absolute atomic E-state index is 0. The van der Waals surface area contributed by atoms with Gasteiger partial charge in [0, 0.05) is 81.0 Å². The SMILES string of the molecule is CN(C)c1ccccc1C(C(=O)C1(C(=O)C(c2cccc(Cl)c2)c2ccccc2N(C)C)CCC(=O)[C@H]2CNC[C@H]21)c1cccc(Cl)c1.Cl. The number of nitrogens with one attached hydrogen (secondary N) is 1. The first-order valence-corrected chi connectivity index (χ1v) is 17.2. The molecule has 2 aliphatic rings. The molecule has 4 atom stereocenters. The summed E-state index contributed by atoms with van der Waals surface area (Å²) in [6.45, 7) is 0.834. The Morgan fingerprint density at radius 2 is 1.18 bits per heavy atom. The highest BCUT2D eigenvalue weighted by Gasteiger charge is 2.62. The van der Waals surface area contributed by atoms with E-state index in [1.54, 1.807) is 12.1 Å². The largest absolute Gasteiger partial charge is 0.377 e. The molecule has 4 aromatic rings. The molecule has 1 aliphatic heterocycles. The molecule has 1 saturated heterocycles. The smallest absolute Gasteiger partial charge is 0.158 e. The molecule has 0 radical (unpaired) electrons. The molecule has 6 rings (SSSR count). The normalized spacial score (nSPS) is 21.2. The van der Waals surface area contributed by atoms with E-state index >= 15 is 9.59 Å². The number of carbonyl (C=O) groups is 3. The first-order valence-electron chi connectivity index (χ1n) is 16.4. The van der Waals surface area contributed by atoms with Gasteiger partial charge in [-0.3, -0.25) is 14.4 Å². The van der Waals surface area contributed by atoms with Crippen LogP contribution < -0.4 is 15.1 Å². The van der Waals surface area contributed by atoms with Gasteiger partial charge in [0.15, 0.2) is 11.6 Å². The molecule has 2 fully saturated rings. The van der Waals surface area contributed by atoms with Crippen LogP contribution in [0.25, 0.3) is 0 Å². The molecule has 49 heavy (non-hydrogen) atoms. The summed E-state index contributed by atoms with van der Waals surface area (Å²) in [4.78, 5) is 49.5. The lowest BCUT2D eigenvalue weighted by molar-refractivity contribution is -0.152. The van der Waals surface area contributed by atoms with E-state index in [9.17, 15) is 4.79 Å². The number of rotatable bonds is 10. The lowest BCUT2D eigenvalue weighted by Gasteiger charge is -2.46. The van der Waals surface area contributed by atoms with Gasteiger partial charge in [-0.1, -0.05) is 83.9 Å². The van der Waals surface area contributed by atoms with Crippen molar-refractivity contribution in [2.75, 3.05) is 51.1 Å². The van der Waals surface area contributed by atoms with Crippen molar-refractivity contribution in [3.63, 3.8) is 0 Å². The third-order valence-electron chi connectivity index (χ3n) is 10.3. The molecule has 9 heteroatoms. The summed E-state index contributed by atoms with van der Waals surface area (Å²) >= 11 is 13.2. The average Bonchev–Trinajstić information content (AvgIpc) is 3.57. The van der Waals surface area contributed by atoms with Gasteiger partial charge in [0.1, 0.15) is 5.78 Å². The van der Waals surface area contributed by atoms with Gasteiger partial charge in [-0.05, 0) is 65.1 Å². The van der Waals surface area contributed by atoms with Crippen molar-refractivity contribution >= 4 is 64.3 Å². The fourth-order valence-electron chi connectivity index (χ4n) is 8.07. The number of benzene rings is 4. The molecular weight excluding hydrogens is 677 g/mol. The van der Waals surface area contributed by atoms with Crippen molar-refractivity contribution in [1.82, 2.24) is 5.32 Å². The number of halogens is 3. The van der Waals surface area contributed by atoms with Crippen LogP contribution in [-0.4, -0.2) is 58.6 Å². The lowest BCUT2D eigenvalue weighted by Crippen LogP contribution is -2.56. The van der Waals surface area contributed by atoms with E-state index in [4.69, 9.17) is 23.2 Å². The van der Waals surface area contributed by atoms with Crippen LogP contribution >= 0.6 is 35.6 Å². The van der Waals surface area contributed by atoms with E-state index in [0.29, 0.717) is 34.3 Å². The van der Waals surface area contributed by atoms with Crippen LogP contribution in [-0.2, 0) is 14.4 Å². The van der Waals surface area contributed by atoms with Gasteiger partial charge in [-0.25, -0.2) is 0 Å². The molecule has 6 nitrogen and oxygen atoms in total. The van der Waals surface area contributed by atoms with Crippen molar-refractivity contribution in [2.24, 2.45) is 17.3 Å². The van der Waals surface area contributed by atoms with E-state index in [1.807, 2.05) is 123 Å². The molecule has 0 amide bonds. The number of fused-ring (bicyclic) bond motifs is 1. The van der Waals surface area contributed by atoms with Crippen LogP contribution in [0.4, 0.5) is 11.4 Å².